The molecule has 1 aromatic rings. The third-order valence-corrected chi connectivity index (χ3v) is 3.87. The summed E-state index contributed by atoms with van der Waals surface area (Å²) < 4.78 is 0. The summed E-state index contributed by atoms with van der Waals surface area (Å²) in [5.74, 6) is 0.124. The number of amides is 1. The molecule has 1 aromatic carbocycles. The van der Waals surface area contributed by atoms with Gasteiger partial charge in [0.05, 0.1) is 0 Å². The number of carbonyl (C=O) groups is 1. The van der Waals surface area contributed by atoms with E-state index in [9.17, 15) is 4.79 Å². The van der Waals surface area contributed by atoms with Gasteiger partial charge < -0.3 is 15.5 Å². The lowest BCUT2D eigenvalue weighted by Crippen LogP contribution is -2.33. The first-order chi connectivity index (χ1) is 9.08. The van der Waals surface area contributed by atoms with Crippen molar-refractivity contribution in [1.82, 2.24) is 9.80 Å². The first kappa shape index (κ1) is 13.9. The van der Waals surface area contributed by atoms with E-state index in [2.05, 4.69) is 19.0 Å². The molecule has 0 radical (unpaired) electrons. The zero-order chi connectivity index (χ0) is 13.8. The van der Waals surface area contributed by atoms with Crippen LogP contribution in [0.2, 0.25) is 0 Å². The van der Waals surface area contributed by atoms with Crippen molar-refractivity contribution in [3.63, 3.8) is 0 Å². The molecular weight excluding hydrogens is 238 g/mol. The van der Waals surface area contributed by atoms with Crippen molar-refractivity contribution in [3.8, 4) is 0 Å². The average molecular weight is 261 g/mol. The Balaban J connectivity index is 2.02. The Labute approximate surface area is 115 Å². The van der Waals surface area contributed by atoms with Crippen molar-refractivity contribution in [1.29, 1.82) is 0 Å². The first-order valence-corrected chi connectivity index (χ1v) is 6.89. The van der Waals surface area contributed by atoms with Crippen LogP contribution in [-0.2, 0) is 0 Å². The maximum absolute atomic E-state index is 12.4. The first-order valence-electron chi connectivity index (χ1n) is 6.89. The Morgan fingerprint density at radius 3 is 2.53 bits per heavy atom. The molecule has 1 aliphatic heterocycles. The number of hydrogen-bond acceptors (Lipinski definition) is 3. The fourth-order valence-corrected chi connectivity index (χ4v) is 2.61. The summed E-state index contributed by atoms with van der Waals surface area (Å²) in [5, 5.41) is 0. The van der Waals surface area contributed by atoms with E-state index in [4.69, 9.17) is 5.73 Å². The van der Waals surface area contributed by atoms with E-state index in [0.717, 1.165) is 31.5 Å². The number of hydrogen-bond donors (Lipinski definition) is 1. The molecule has 0 spiro atoms. The number of anilines is 1. The summed E-state index contributed by atoms with van der Waals surface area (Å²) in [5.41, 5.74) is 7.08. The molecule has 0 aliphatic carbocycles. The second kappa shape index (κ2) is 6.06. The quantitative estimate of drug-likeness (QED) is 0.826. The van der Waals surface area contributed by atoms with Crippen LogP contribution < -0.4 is 5.73 Å². The van der Waals surface area contributed by atoms with Crippen LogP contribution in [-0.4, -0.2) is 48.9 Å². The topological polar surface area (TPSA) is 49.6 Å². The summed E-state index contributed by atoms with van der Waals surface area (Å²) in [4.78, 5) is 16.6. The maximum Gasteiger partial charge on any atom is 0.253 e. The molecule has 4 heteroatoms. The standard InChI is InChI=1S/C15H23N3O/c1-17(2)14-4-3-10-18(11-9-14)15(19)12-5-7-13(16)8-6-12/h5-8,14H,3-4,9-11,16H2,1-2H3. The van der Waals surface area contributed by atoms with Gasteiger partial charge in [-0.3, -0.25) is 4.79 Å². The van der Waals surface area contributed by atoms with Crippen molar-refractivity contribution in [2.75, 3.05) is 32.9 Å². The molecule has 1 heterocycles. The van der Waals surface area contributed by atoms with Crippen molar-refractivity contribution >= 4 is 11.6 Å². The minimum absolute atomic E-state index is 0.124. The molecule has 104 valence electrons. The van der Waals surface area contributed by atoms with Gasteiger partial charge >= 0.3 is 0 Å². The van der Waals surface area contributed by atoms with Gasteiger partial charge in [-0.2, -0.15) is 0 Å². The van der Waals surface area contributed by atoms with E-state index < -0.39 is 0 Å². The fourth-order valence-electron chi connectivity index (χ4n) is 2.61. The number of benzene rings is 1. The Kier molecular flexibility index (Phi) is 4.43. The highest BCUT2D eigenvalue weighted by Crippen LogP contribution is 2.17. The minimum Gasteiger partial charge on any atom is -0.399 e. The fraction of sp³-hybridized carbons (Fsp3) is 0.533. The second-order valence-corrected chi connectivity index (χ2v) is 5.46. The predicted octanol–water partition coefficient (Wildman–Crippen LogP) is 1.83. The molecule has 1 aliphatic rings. The van der Waals surface area contributed by atoms with E-state index in [1.807, 2.05) is 17.0 Å². The molecule has 2 N–H and O–H groups in total. The molecule has 19 heavy (non-hydrogen) atoms. The average Bonchev–Trinajstić information content (AvgIpc) is 2.64. The van der Waals surface area contributed by atoms with E-state index in [1.54, 1.807) is 12.1 Å². The van der Waals surface area contributed by atoms with Gasteiger partial charge in [0.1, 0.15) is 0 Å². The molecule has 0 aromatic heterocycles. The van der Waals surface area contributed by atoms with Gasteiger partial charge in [0, 0.05) is 30.4 Å². The lowest BCUT2D eigenvalue weighted by molar-refractivity contribution is 0.0758. The van der Waals surface area contributed by atoms with E-state index >= 15 is 0 Å². The number of nitrogen functional groups attached to an aromatic ring is 1. The minimum atomic E-state index is 0.124. The highest BCUT2D eigenvalue weighted by Gasteiger charge is 2.22. The van der Waals surface area contributed by atoms with Gasteiger partial charge in [0.15, 0.2) is 0 Å². The molecule has 0 saturated carbocycles. The Morgan fingerprint density at radius 1 is 1.21 bits per heavy atom. The number of nitrogens with two attached hydrogens (primary N) is 1. The Morgan fingerprint density at radius 2 is 1.89 bits per heavy atom. The molecule has 1 saturated heterocycles. The zero-order valence-electron chi connectivity index (χ0n) is 11.8. The molecule has 1 atom stereocenters. The van der Waals surface area contributed by atoms with Crippen molar-refractivity contribution in [2.24, 2.45) is 0 Å². The van der Waals surface area contributed by atoms with E-state index in [1.165, 1.54) is 6.42 Å². The monoisotopic (exact) mass is 261 g/mol. The number of nitrogens with zero attached hydrogens (tertiary/aromatic N) is 2. The normalized spacial score (nSPS) is 20.4. The van der Waals surface area contributed by atoms with Crippen LogP contribution in [0.25, 0.3) is 0 Å². The molecule has 1 amide bonds. The smallest absolute Gasteiger partial charge is 0.253 e. The van der Waals surface area contributed by atoms with Crippen LogP contribution in [0.15, 0.2) is 24.3 Å². The van der Waals surface area contributed by atoms with E-state index in [-0.39, 0.29) is 5.91 Å². The van der Waals surface area contributed by atoms with Crippen LogP contribution in [0.1, 0.15) is 29.6 Å². The number of carbonyl (C=O) groups excluding carboxylic acids is 1. The van der Waals surface area contributed by atoms with Gasteiger partial charge in [-0.25, -0.2) is 0 Å². The lowest BCUT2D eigenvalue weighted by Gasteiger charge is -2.23. The molecule has 4 nitrogen and oxygen atoms in total. The van der Waals surface area contributed by atoms with Crippen LogP contribution in [0, 0.1) is 0 Å². The predicted molar refractivity (Wildman–Crippen MR) is 78.1 cm³/mol. The summed E-state index contributed by atoms with van der Waals surface area (Å²) in [6.07, 6.45) is 3.29. The lowest BCUT2D eigenvalue weighted by atomic mass is 10.1. The van der Waals surface area contributed by atoms with Gasteiger partial charge in [-0.15, -0.1) is 0 Å². The Bertz CT molecular complexity index is 428. The zero-order valence-corrected chi connectivity index (χ0v) is 11.8. The largest absolute Gasteiger partial charge is 0.399 e. The molecule has 1 unspecified atom stereocenters. The van der Waals surface area contributed by atoms with E-state index in [0.29, 0.717) is 11.7 Å². The summed E-state index contributed by atoms with van der Waals surface area (Å²) in [7, 11) is 4.23. The van der Waals surface area contributed by atoms with Gasteiger partial charge in [0.2, 0.25) is 0 Å². The molecule has 1 fully saturated rings. The summed E-state index contributed by atoms with van der Waals surface area (Å²) in [6, 6.07) is 7.78. The third-order valence-electron chi connectivity index (χ3n) is 3.87. The van der Waals surface area contributed by atoms with Crippen LogP contribution in [0.5, 0.6) is 0 Å². The SMILES string of the molecule is CN(C)C1CCCN(C(=O)c2ccc(N)cc2)CC1. The van der Waals surface area contributed by atoms with Crippen molar-refractivity contribution < 1.29 is 4.79 Å². The summed E-state index contributed by atoms with van der Waals surface area (Å²) in [6.45, 7) is 1.69. The molecule has 0 bridgehead atoms. The maximum atomic E-state index is 12.4. The second-order valence-electron chi connectivity index (χ2n) is 5.46. The third kappa shape index (κ3) is 3.47. The number of rotatable bonds is 2. The molecular formula is C15H23N3O. The number of likely N-dealkylation sites (tertiary alicyclic amines) is 1. The van der Waals surface area contributed by atoms with Crippen LogP contribution >= 0.6 is 0 Å². The Hall–Kier alpha value is -1.55. The van der Waals surface area contributed by atoms with Crippen LogP contribution in [0.4, 0.5) is 5.69 Å². The van der Waals surface area contributed by atoms with Crippen molar-refractivity contribution in [2.45, 2.75) is 25.3 Å². The summed E-state index contributed by atoms with van der Waals surface area (Å²) >= 11 is 0. The van der Waals surface area contributed by atoms with Crippen LogP contribution in [0.3, 0.4) is 0 Å². The van der Waals surface area contributed by atoms with Gasteiger partial charge in [-0.1, -0.05) is 0 Å². The molecule has 2 rings (SSSR count). The van der Waals surface area contributed by atoms with Crippen molar-refractivity contribution in [3.05, 3.63) is 29.8 Å². The van der Waals surface area contributed by atoms with Gasteiger partial charge in [0.25, 0.3) is 5.91 Å². The highest BCUT2D eigenvalue weighted by atomic mass is 16.2. The van der Waals surface area contributed by atoms with Gasteiger partial charge in [-0.05, 0) is 57.6 Å². The highest BCUT2D eigenvalue weighted by molar-refractivity contribution is 5.94.